The van der Waals surface area contributed by atoms with E-state index in [0.717, 1.165) is 11.3 Å². The average molecular weight is 359 g/mol. The number of hydrazone groups is 1. The van der Waals surface area contributed by atoms with Gasteiger partial charge < -0.3 is 10.5 Å². The molecule has 22 heavy (non-hydrogen) atoms. The van der Waals surface area contributed by atoms with Crippen LogP contribution in [0.2, 0.25) is 10.0 Å². The lowest BCUT2D eigenvalue weighted by atomic mass is 10.2. The molecule has 1 aromatic carbocycles. The highest BCUT2D eigenvalue weighted by Gasteiger charge is 2.13. The van der Waals surface area contributed by atoms with Crippen LogP contribution in [0.25, 0.3) is 0 Å². The van der Waals surface area contributed by atoms with E-state index in [0.29, 0.717) is 37.1 Å². The third-order valence-electron chi connectivity index (χ3n) is 2.62. The maximum Gasteiger partial charge on any atom is 0.283 e. The largest absolute Gasteiger partial charge is 0.494 e. The molecule has 0 bridgehead atoms. The number of carbonyl (C=O) groups is 1. The number of amides is 1. The van der Waals surface area contributed by atoms with Gasteiger partial charge in [-0.05, 0) is 24.6 Å². The van der Waals surface area contributed by atoms with Gasteiger partial charge in [-0.25, -0.2) is 10.4 Å². The fourth-order valence-corrected chi connectivity index (χ4v) is 3.07. The molecule has 0 aliphatic carbocycles. The van der Waals surface area contributed by atoms with Crippen LogP contribution in [0.4, 0.5) is 5.13 Å². The number of nitrogen functional groups attached to an aromatic ring is 1. The van der Waals surface area contributed by atoms with E-state index in [1.54, 1.807) is 19.1 Å². The van der Waals surface area contributed by atoms with Crippen LogP contribution in [0.3, 0.4) is 0 Å². The summed E-state index contributed by atoms with van der Waals surface area (Å²) in [5.41, 5.74) is 9.13. The van der Waals surface area contributed by atoms with Crippen LogP contribution in [-0.2, 0) is 0 Å². The van der Waals surface area contributed by atoms with Gasteiger partial charge in [0.1, 0.15) is 4.88 Å². The van der Waals surface area contributed by atoms with Gasteiger partial charge in [-0.3, -0.25) is 4.79 Å². The van der Waals surface area contributed by atoms with Crippen LogP contribution >= 0.6 is 34.5 Å². The number of nitrogens with zero attached hydrogens (tertiary/aromatic N) is 2. The molecule has 1 aromatic heterocycles. The molecule has 0 saturated heterocycles. The molecule has 0 spiro atoms. The molecule has 3 N–H and O–H groups in total. The van der Waals surface area contributed by atoms with Crippen molar-refractivity contribution < 1.29 is 9.53 Å². The maximum atomic E-state index is 11.9. The number of benzene rings is 1. The number of aromatic nitrogens is 1. The topological polar surface area (TPSA) is 89.6 Å². The normalized spacial score (nSPS) is 10.9. The molecule has 0 radical (unpaired) electrons. The Kier molecular flexibility index (Phi) is 5.23. The van der Waals surface area contributed by atoms with E-state index in [9.17, 15) is 4.79 Å². The van der Waals surface area contributed by atoms with Gasteiger partial charge in [0.15, 0.2) is 10.9 Å². The molecule has 9 heteroatoms. The Morgan fingerprint density at radius 3 is 2.59 bits per heavy atom. The van der Waals surface area contributed by atoms with E-state index >= 15 is 0 Å². The number of aryl methyl sites for hydroxylation is 1. The van der Waals surface area contributed by atoms with Gasteiger partial charge in [0, 0.05) is 0 Å². The lowest BCUT2D eigenvalue weighted by Gasteiger charge is -2.06. The Hall–Kier alpha value is -1.83. The van der Waals surface area contributed by atoms with Gasteiger partial charge in [-0.2, -0.15) is 5.10 Å². The summed E-state index contributed by atoms with van der Waals surface area (Å²) in [5, 5.41) is 4.91. The highest BCUT2D eigenvalue weighted by molar-refractivity contribution is 7.17. The maximum absolute atomic E-state index is 11.9. The first-order valence-electron chi connectivity index (χ1n) is 6.01. The van der Waals surface area contributed by atoms with Crippen molar-refractivity contribution in [1.29, 1.82) is 0 Å². The molecular formula is C13H12Cl2N4O2S. The molecule has 116 valence electrons. The third-order valence-corrected chi connectivity index (χ3v) is 4.17. The second kappa shape index (κ2) is 6.95. The second-order valence-corrected chi connectivity index (χ2v) is 6.03. The van der Waals surface area contributed by atoms with Crippen LogP contribution in [0.1, 0.15) is 20.9 Å². The zero-order valence-corrected chi connectivity index (χ0v) is 14.0. The zero-order valence-electron chi connectivity index (χ0n) is 11.7. The SMILES string of the molecule is COc1c(Cl)cc(/C=N\NC(=O)c2sc(N)nc2C)cc1Cl. The number of nitrogens with one attached hydrogen (secondary N) is 1. The van der Waals surface area contributed by atoms with Crippen LogP contribution in [0.15, 0.2) is 17.2 Å². The van der Waals surface area contributed by atoms with Gasteiger partial charge in [-0.15, -0.1) is 0 Å². The molecule has 0 aliphatic heterocycles. The van der Waals surface area contributed by atoms with Crippen LogP contribution in [0.5, 0.6) is 5.75 Å². The number of methoxy groups -OCH3 is 1. The minimum absolute atomic E-state index is 0.334. The molecule has 2 rings (SSSR count). The molecule has 0 aliphatic rings. The quantitative estimate of drug-likeness (QED) is 0.648. The van der Waals surface area contributed by atoms with Crippen LogP contribution in [0, 0.1) is 6.92 Å². The predicted molar refractivity (Wildman–Crippen MR) is 89.3 cm³/mol. The summed E-state index contributed by atoms with van der Waals surface area (Å²) >= 11 is 13.1. The highest BCUT2D eigenvalue weighted by Crippen LogP contribution is 2.33. The first-order valence-corrected chi connectivity index (χ1v) is 7.59. The van der Waals surface area contributed by atoms with Crippen molar-refractivity contribution in [1.82, 2.24) is 10.4 Å². The number of anilines is 1. The van der Waals surface area contributed by atoms with Crippen molar-refractivity contribution in [2.45, 2.75) is 6.92 Å². The van der Waals surface area contributed by atoms with Crippen molar-refractivity contribution in [3.63, 3.8) is 0 Å². The first kappa shape index (κ1) is 16.5. The third kappa shape index (κ3) is 3.68. The fourth-order valence-electron chi connectivity index (χ4n) is 1.69. The molecule has 0 unspecified atom stereocenters. The number of carbonyl (C=O) groups excluding carboxylic acids is 1. The fraction of sp³-hybridized carbons (Fsp3) is 0.154. The van der Waals surface area contributed by atoms with Crippen LogP contribution in [-0.4, -0.2) is 24.2 Å². The standard InChI is InChI=1S/C13H12Cl2N4O2S/c1-6-11(22-13(16)18-6)12(20)19-17-5-7-3-8(14)10(21-2)9(15)4-7/h3-5H,1-2H3,(H2,16,18)(H,19,20)/b17-5-. The zero-order chi connectivity index (χ0) is 16.3. The predicted octanol–water partition coefficient (Wildman–Crippen LogP) is 3.11. The smallest absolute Gasteiger partial charge is 0.283 e. The Morgan fingerprint density at radius 2 is 2.09 bits per heavy atom. The summed E-state index contributed by atoms with van der Waals surface area (Å²) < 4.78 is 5.05. The summed E-state index contributed by atoms with van der Waals surface area (Å²) in [5.74, 6) is 0.00827. The molecule has 6 nitrogen and oxygen atoms in total. The van der Waals surface area contributed by atoms with Crippen molar-refractivity contribution in [3.8, 4) is 5.75 Å². The van der Waals surface area contributed by atoms with Gasteiger partial charge in [-0.1, -0.05) is 34.5 Å². The summed E-state index contributed by atoms with van der Waals surface area (Å²) in [6, 6.07) is 3.25. The number of hydrogen-bond donors (Lipinski definition) is 2. The Bertz CT molecular complexity index is 723. The van der Waals surface area contributed by atoms with Crippen molar-refractivity contribution in [3.05, 3.63) is 38.3 Å². The van der Waals surface area contributed by atoms with Gasteiger partial charge in [0.25, 0.3) is 5.91 Å². The first-order chi connectivity index (χ1) is 10.4. The molecular weight excluding hydrogens is 347 g/mol. The average Bonchev–Trinajstić information content (AvgIpc) is 2.77. The highest BCUT2D eigenvalue weighted by atomic mass is 35.5. The van der Waals surface area contributed by atoms with E-state index in [2.05, 4.69) is 15.5 Å². The second-order valence-electron chi connectivity index (χ2n) is 4.18. The van der Waals surface area contributed by atoms with Crippen LogP contribution < -0.4 is 15.9 Å². The number of ether oxygens (including phenoxy) is 1. The number of nitrogens with two attached hydrogens (primary N) is 1. The number of halogens is 2. The van der Waals surface area contributed by atoms with Gasteiger partial charge in [0.2, 0.25) is 0 Å². The van der Waals surface area contributed by atoms with Gasteiger partial charge in [0.05, 0.1) is 29.1 Å². The number of rotatable bonds is 4. The summed E-state index contributed by atoms with van der Waals surface area (Å²) in [7, 11) is 1.48. The van der Waals surface area contributed by atoms with E-state index in [1.165, 1.54) is 13.3 Å². The summed E-state index contributed by atoms with van der Waals surface area (Å²) in [4.78, 5) is 16.3. The lowest BCUT2D eigenvalue weighted by molar-refractivity contribution is 0.0958. The Balaban J connectivity index is 2.10. The van der Waals surface area contributed by atoms with E-state index < -0.39 is 0 Å². The van der Waals surface area contributed by atoms with Gasteiger partial charge >= 0.3 is 0 Å². The molecule has 0 saturated carbocycles. The molecule has 0 fully saturated rings. The molecule has 1 heterocycles. The molecule has 2 aromatic rings. The molecule has 0 atom stereocenters. The lowest BCUT2D eigenvalue weighted by Crippen LogP contribution is -2.17. The molecule has 1 amide bonds. The number of hydrogen-bond acceptors (Lipinski definition) is 6. The number of thiazole rings is 1. The monoisotopic (exact) mass is 358 g/mol. The van der Waals surface area contributed by atoms with E-state index in [1.807, 2.05) is 0 Å². The summed E-state index contributed by atoms with van der Waals surface area (Å²) in [6.45, 7) is 1.70. The Labute approximate surface area is 140 Å². The minimum Gasteiger partial charge on any atom is -0.494 e. The van der Waals surface area contributed by atoms with Crippen molar-refractivity contribution >= 4 is 51.8 Å². The van der Waals surface area contributed by atoms with Crippen molar-refractivity contribution in [2.75, 3.05) is 12.8 Å². The Morgan fingerprint density at radius 1 is 1.45 bits per heavy atom. The van der Waals surface area contributed by atoms with E-state index in [-0.39, 0.29) is 5.91 Å². The summed E-state index contributed by atoms with van der Waals surface area (Å²) in [6.07, 6.45) is 1.43. The van der Waals surface area contributed by atoms with E-state index in [4.69, 9.17) is 33.7 Å². The van der Waals surface area contributed by atoms with Crippen molar-refractivity contribution in [2.24, 2.45) is 5.10 Å². The minimum atomic E-state index is -0.381.